The molecule has 0 aliphatic carbocycles. The van der Waals surface area contributed by atoms with Crippen molar-refractivity contribution in [2.75, 3.05) is 19.0 Å². The molecule has 0 radical (unpaired) electrons. The average molecular weight is 271 g/mol. The quantitative estimate of drug-likeness (QED) is 0.740. The van der Waals surface area contributed by atoms with Gasteiger partial charge >= 0.3 is 0 Å². The van der Waals surface area contributed by atoms with Crippen LogP contribution in [0.2, 0.25) is 0 Å². The summed E-state index contributed by atoms with van der Waals surface area (Å²) in [4.78, 5) is 0. The van der Waals surface area contributed by atoms with Gasteiger partial charge in [-0.25, -0.2) is 0 Å². The van der Waals surface area contributed by atoms with Crippen molar-refractivity contribution in [3.05, 3.63) is 48.5 Å². The lowest BCUT2D eigenvalue weighted by Crippen LogP contribution is -1.96. The van der Waals surface area contributed by atoms with Crippen LogP contribution >= 0.6 is 0 Å². The van der Waals surface area contributed by atoms with Gasteiger partial charge in [-0.2, -0.15) is 0 Å². The molecule has 1 N–H and O–H groups in total. The molecule has 0 heterocycles. The molecule has 0 atom stereocenters. The van der Waals surface area contributed by atoms with Crippen LogP contribution in [0.3, 0.4) is 0 Å². The molecule has 2 aromatic rings. The molecule has 2 rings (SSSR count). The van der Waals surface area contributed by atoms with Crippen molar-refractivity contribution in [1.29, 1.82) is 0 Å². The van der Waals surface area contributed by atoms with Crippen LogP contribution in [0, 0.1) is 0 Å². The largest absolute Gasteiger partial charge is 0.494 e. The molecule has 0 aliphatic rings. The molecule has 106 valence electrons. The standard InChI is InChI=1S/C17H21NO2/c1-3-4-13-19-15-9-11-17(12-10-15)20-16-7-5-14(18-2)6-8-16/h5-12,18H,3-4,13H2,1-2H3. The van der Waals surface area contributed by atoms with Crippen molar-refractivity contribution in [2.45, 2.75) is 19.8 Å². The lowest BCUT2D eigenvalue weighted by atomic mass is 10.3. The highest BCUT2D eigenvalue weighted by Crippen LogP contribution is 2.25. The summed E-state index contributed by atoms with van der Waals surface area (Å²) < 4.78 is 11.4. The van der Waals surface area contributed by atoms with Gasteiger partial charge in [-0.05, 0) is 55.0 Å². The number of anilines is 1. The van der Waals surface area contributed by atoms with Crippen molar-refractivity contribution in [2.24, 2.45) is 0 Å². The van der Waals surface area contributed by atoms with Crippen LogP contribution < -0.4 is 14.8 Å². The summed E-state index contributed by atoms with van der Waals surface area (Å²) in [6.45, 7) is 2.92. The molecular formula is C17H21NO2. The third-order valence-electron chi connectivity index (χ3n) is 2.97. The zero-order valence-corrected chi connectivity index (χ0v) is 12.1. The first-order chi connectivity index (χ1) is 9.81. The topological polar surface area (TPSA) is 30.5 Å². The Morgan fingerprint density at radius 2 is 1.40 bits per heavy atom. The monoisotopic (exact) mass is 271 g/mol. The average Bonchev–Trinajstić information content (AvgIpc) is 2.50. The minimum absolute atomic E-state index is 0.766. The van der Waals surface area contributed by atoms with E-state index >= 15 is 0 Å². The van der Waals surface area contributed by atoms with Crippen LogP contribution in [0.5, 0.6) is 17.2 Å². The minimum Gasteiger partial charge on any atom is -0.494 e. The van der Waals surface area contributed by atoms with Crippen LogP contribution in [0.4, 0.5) is 5.69 Å². The number of rotatable bonds is 7. The molecule has 0 aliphatic heterocycles. The normalized spacial score (nSPS) is 10.1. The number of ether oxygens (including phenoxy) is 2. The number of hydrogen-bond acceptors (Lipinski definition) is 3. The lowest BCUT2D eigenvalue weighted by Gasteiger charge is -2.08. The Morgan fingerprint density at radius 3 is 1.95 bits per heavy atom. The van der Waals surface area contributed by atoms with Crippen LogP contribution in [0.25, 0.3) is 0 Å². The Bertz CT molecular complexity index is 506. The summed E-state index contributed by atoms with van der Waals surface area (Å²) in [7, 11) is 1.90. The van der Waals surface area contributed by atoms with Gasteiger partial charge < -0.3 is 14.8 Å². The van der Waals surface area contributed by atoms with Gasteiger partial charge in [-0.3, -0.25) is 0 Å². The molecule has 0 bridgehead atoms. The van der Waals surface area contributed by atoms with Gasteiger partial charge in [0.05, 0.1) is 6.61 Å². The Morgan fingerprint density at radius 1 is 0.850 bits per heavy atom. The maximum atomic E-state index is 5.78. The molecule has 0 spiro atoms. The third kappa shape index (κ3) is 4.19. The zero-order valence-electron chi connectivity index (χ0n) is 12.1. The number of benzene rings is 2. The summed E-state index contributed by atoms with van der Waals surface area (Å²) in [5, 5.41) is 3.08. The van der Waals surface area contributed by atoms with E-state index in [2.05, 4.69) is 12.2 Å². The van der Waals surface area contributed by atoms with Crippen LogP contribution in [0.1, 0.15) is 19.8 Å². The van der Waals surface area contributed by atoms with Gasteiger partial charge in [0.2, 0.25) is 0 Å². The highest BCUT2D eigenvalue weighted by atomic mass is 16.5. The Labute approximate surface area is 120 Å². The van der Waals surface area contributed by atoms with E-state index in [1.54, 1.807) is 0 Å². The fourth-order valence-corrected chi connectivity index (χ4v) is 1.76. The smallest absolute Gasteiger partial charge is 0.127 e. The second-order valence-electron chi connectivity index (χ2n) is 4.55. The zero-order chi connectivity index (χ0) is 14.2. The number of hydrogen-bond donors (Lipinski definition) is 1. The predicted octanol–water partition coefficient (Wildman–Crippen LogP) is 4.70. The SMILES string of the molecule is CCCCOc1ccc(Oc2ccc(NC)cc2)cc1. The molecule has 0 aromatic heterocycles. The molecule has 0 amide bonds. The first-order valence-corrected chi connectivity index (χ1v) is 7.00. The molecule has 0 unspecified atom stereocenters. The molecule has 0 fully saturated rings. The van der Waals surface area contributed by atoms with E-state index < -0.39 is 0 Å². The van der Waals surface area contributed by atoms with E-state index in [1.165, 1.54) is 0 Å². The highest BCUT2D eigenvalue weighted by molar-refractivity contribution is 5.46. The van der Waals surface area contributed by atoms with Crippen molar-refractivity contribution >= 4 is 5.69 Å². The number of unbranched alkanes of at least 4 members (excludes halogenated alkanes) is 1. The molecule has 0 saturated heterocycles. The fraction of sp³-hybridized carbons (Fsp3) is 0.294. The predicted molar refractivity (Wildman–Crippen MR) is 82.9 cm³/mol. The summed E-state index contributed by atoms with van der Waals surface area (Å²) >= 11 is 0. The van der Waals surface area contributed by atoms with Crippen molar-refractivity contribution in [3.63, 3.8) is 0 Å². The maximum Gasteiger partial charge on any atom is 0.127 e. The highest BCUT2D eigenvalue weighted by Gasteiger charge is 1.99. The van der Waals surface area contributed by atoms with Crippen LogP contribution in [0.15, 0.2) is 48.5 Å². The molecule has 0 saturated carbocycles. The maximum absolute atomic E-state index is 5.78. The molecule has 3 heteroatoms. The van der Waals surface area contributed by atoms with Crippen LogP contribution in [-0.4, -0.2) is 13.7 Å². The number of nitrogens with one attached hydrogen (secondary N) is 1. The van der Waals surface area contributed by atoms with Gasteiger partial charge in [-0.15, -0.1) is 0 Å². The van der Waals surface area contributed by atoms with Gasteiger partial charge in [0.25, 0.3) is 0 Å². The molecule has 3 nitrogen and oxygen atoms in total. The second kappa shape index (κ2) is 7.43. The van der Waals surface area contributed by atoms with E-state index in [0.29, 0.717) is 0 Å². The first kappa shape index (κ1) is 14.3. The molecular weight excluding hydrogens is 250 g/mol. The Balaban J connectivity index is 1.92. The van der Waals surface area contributed by atoms with Gasteiger partial charge in [0, 0.05) is 12.7 Å². The summed E-state index contributed by atoms with van der Waals surface area (Å²) in [6.07, 6.45) is 2.22. The first-order valence-electron chi connectivity index (χ1n) is 7.00. The molecule has 20 heavy (non-hydrogen) atoms. The summed E-state index contributed by atoms with van der Waals surface area (Å²) in [5.41, 5.74) is 1.07. The van der Waals surface area contributed by atoms with Gasteiger partial charge in [0.1, 0.15) is 17.2 Å². The van der Waals surface area contributed by atoms with E-state index in [-0.39, 0.29) is 0 Å². The Hall–Kier alpha value is -2.16. The van der Waals surface area contributed by atoms with Crippen molar-refractivity contribution < 1.29 is 9.47 Å². The lowest BCUT2D eigenvalue weighted by molar-refractivity contribution is 0.309. The summed E-state index contributed by atoms with van der Waals surface area (Å²) in [5.74, 6) is 2.52. The van der Waals surface area contributed by atoms with Crippen molar-refractivity contribution in [3.8, 4) is 17.2 Å². The van der Waals surface area contributed by atoms with E-state index in [0.717, 1.165) is 42.4 Å². The van der Waals surface area contributed by atoms with Gasteiger partial charge in [0.15, 0.2) is 0 Å². The summed E-state index contributed by atoms with van der Waals surface area (Å²) in [6, 6.07) is 15.6. The van der Waals surface area contributed by atoms with E-state index in [1.807, 2.05) is 55.6 Å². The van der Waals surface area contributed by atoms with Crippen LogP contribution in [-0.2, 0) is 0 Å². The van der Waals surface area contributed by atoms with E-state index in [4.69, 9.17) is 9.47 Å². The Kier molecular flexibility index (Phi) is 5.30. The fourth-order valence-electron chi connectivity index (χ4n) is 1.76. The van der Waals surface area contributed by atoms with Crippen molar-refractivity contribution in [1.82, 2.24) is 0 Å². The third-order valence-corrected chi connectivity index (χ3v) is 2.97. The van der Waals surface area contributed by atoms with Gasteiger partial charge in [-0.1, -0.05) is 13.3 Å². The second-order valence-corrected chi connectivity index (χ2v) is 4.55. The van der Waals surface area contributed by atoms with E-state index in [9.17, 15) is 0 Å². The minimum atomic E-state index is 0.766. The molecule has 2 aromatic carbocycles.